The minimum Gasteiger partial charge on any atom is -0.376 e. The smallest absolute Gasteiger partial charge is 0.253 e. The topological polar surface area (TPSA) is 29.5 Å². The molecule has 0 aliphatic carbocycles. The maximum absolute atomic E-state index is 13.4. The van der Waals surface area contributed by atoms with Gasteiger partial charge in [0.15, 0.2) is 0 Å². The quantitative estimate of drug-likeness (QED) is 0.852. The van der Waals surface area contributed by atoms with Gasteiger partial charge in [-0.05, 0) is 53.4 Å². The van der Waals surface area contributed by atoms with E-state index in [1.807, 2.05) is 0 Å². The number of carbonyl (C=O) groups is 1. The first-order chi connectivity index (χ1) is 9.08. The molecule has 1 heterocycles. The van der Waals surface area contributed by atoms with Crippen LogP contribution in [0.1, 0.15) is 29.6 Å². The molecule has 1 aliphatic rings. The lowest BCUT2D eigenvalue weighted by Gasteiger charge is -2.27. The summed E-state index contributed by atoms with van der Waals surface area (Å²) in [6, 6.07) is 4.42. The van der Waals surface area contributed by atoms with Gasteiger partial charge >= 0.3 is 0 Å². The number of hydrogen-bond acceptors (Lipinski definition) is 2. The molecule has 19 heavy (non-hydrogen) atoms. The normalized spacial score (nSPS) is 19.2. The summed E-state index contributed by atoms with van der Waals surface area (Å²) in [6.45, 7) is 1.32. The first kappa shape index (κ1) is 14.5. The molecular weight excluding hydrogens is 313 g/mol. The summed E-state index contributed by atoms with van der Waals surface area (Å²) in [5.41, 5.74) is 0.360. The van der Waals surface area contributed by atoms with E-state index in [1.54, 1.807) is 24.1 Å². The largest absolute Gasteiger partial charge is 0.376 e. The van der Waals surface area contributed by atoms with Crippen molar-refractivity contribution in [1.29, 1.82) is 0 Å². The van der Waals surface area contributed by atoms with Gasteiger partial charge < -0.3 is 9.64 Å². The van der Waals surface area contributed by atoms with Crippen molar-refractivity contribution in [2.45, 2.75) is 25.4 Å². The Morgan fingerprint density at radius 1 is 1.53 bits per heavy atom. The van der Waals surface area contributed by atoms with Crippen LogP contribution in [0.5, 0.6) is 0 Å². The van der Waals surface area contributed by atoms with Crippen molar-refractivity contribution in [3.8, 4) is 0 Å². The minimum atomic E-state index is -0.423. The Morgan fingerprint density at radius 3 is 2.95 bits per heavy atom. The van der Waals surface area contributed by atoms with Gasteiger partial charge in [0.1, 0.15) is 5.82 Å². The Kier molecular flexibility index (Phi) is 4.93. The van der Waals surface area contributed by atoms with Gasteiger partial charge in [0.25, 0.3) is 5.91 Å². The van der Waals surface area contributed by atoms with Crippen LogP contribution in [-0.2, 0) is 4.74 Å². The second-order valence-corrected chi connectivity index (χ2v) is 5.66. The maximum Gasteiger partial charge on any atom is 0.253 e. The average molecular weight is 330 g/mol. The number of halogens is 2. The number of nitrogens with zero attached hydrogens (tertiary/aromatic N) is 1. The van der Waals surface area contributed by atoms with Crippen molar-refractivity contribution in [3.63, 3.8) is 0 Å². The van der Waals surface area contributed by atoms with Gasteiger partial charge in [-0.2, -0.15) is 0 Å². The third-order valence-corrected chi connectivity index (χ3v) is 3.91. The van der Waals surface area contributed by atoms with E-state index in [1.165, 1.54) is 6.07 Å². The molecule has 1 unspecified atom stereocenters. The first-order valence-electron chi connectivity index (χ1n) is 6.40. The monoisotopic (exact) mass is 329 g/mol. The zero-order valence-electron chi connectivity index (χ0n) is 10.9. The van der Waals surface area contributed by atoms with Crippen LogP contribution in [0.25, 0.3) is 0 Å². The highest BCUT2D eigenvalue weighted by atomic mass is 79.9. The molecule has 0 N–H and O–H groups in total. The molecule has 0 aromatic heterocycles. The van der Waals surface area contributed by atoms with E-state index >= 15 is 0 Å². The van der Waals surface area contributed by atoms with Crippen molar-refractivity contribution in [2.24, 2.45) is 0 Å². The lowest BCUT2D eigenvalue weighted by molar-refractivity contribution is -0.000193. The van der Waals surface area contributed by atoms with Crippen LogP contribution < -0.4 is 0 Å². The van der Waals surface area contributed by atoms with Crippen molar-refractivity contribution in [2.75, 3.05) is 20.2 Å². The van der Waals surface area contributed by atoms with Crippen molar-refractivity contribution in [3.05, 3.63) is 34.1 Å². The van der Waals surface area contributed by atoms with Crippen LogP contribution in [0.4, 0.5) is 4.39 Å². The number of amides is 1. The molecule has 1 atom stereocenters. The Hall–Kier alpha value is -0.940. The fourth-order valence-corrected chi connectivity index (χ4v) is 2.44. The number of ether oxygens (including phenoxy) is 1. The van der Waals surface area contributed by atoms with E-state index in [9.17, 15) is 9.18 Å². The van der Waals surface area contributed by atoms with E-state index in [0.717, 1.165) is 25.9 Å². The average Bonchev–Trinajstić information content (AvgIpc) is 2.42. The van der Waals surface area contributed by atoms with Gasteiger partial charge in [-0.3, -0.25) is 4.79 Å². The molecule has 0 radical (unpaired) electrons. The fraction of sp³-hybridized carbons (Fsp3) is 0.500. The minimum absolute atomic E-state index is 0.1000. The number of likely N-dealkylation sites (N-methyl/N-ethyl adjacent to an activating group) is 1. The van der Waals surface area contributed by atoms with Gasteiger partial charge in [0.2, 0.25) is 0 Å². The van der Waals surface area contributed by atoms with Gasteiger partial charge in [-0.15, -0.1) is 0 Å². The SMILES string of the molecule is CN(CC1CCCCO1)C(=O)c1ccc(Br)c(F)c1. The van der Waals surface area contributed by atoms with Crippen molar-refractivity contribution < 1.29 is 13.9 Å². The summed E-state index contributed by atoms with van der Waals surface area (Å²) in [4.78, 5) is 13.8. The summed E-state index contributed by atoms with van der Waals surface area (Å²) in [6.07, 6.45) is 3.31. The van der Waals surface area contributed by atoms with Crippen LogP contribution in [0.2, 0.25) is 0 Å². The lowest BCUT2D eigenvalue weighted by atomic mass is 10.1. The highest BCUT2D eigenvalue weighted by Crippen LogP contribution is 2.18. The van der Waals surface area contributed by atoms with Crippen LogP contribution in [0.3, 0.4) is 0 Å². The maximum atomic E-state index is 13.4. The molecular formula is C14H17BrFNO2. The molecule has 1 saturated heterocycles. The van der Waals surface area contributed by atoms with Gasteiger partial charge in [-0.1, -0.05) is 0 Å². The molecule has 0 saturated carbocycles. The number of carbonyl (C=O) groups excluding carboxylic acids is 1. The number of hydrogen-bond donors (Lipinski definition) is 0. The number of rotatable bonds is 3. The molecule has 104 valence electrons. The zero-order valence-corrected chi connectivity index (χ0v) is 12.5. The second kappa shape index (κ2) is 6.48. The summed E-state index contributed by atoms with van der Waals surface area (Å²) in [5, 5.41) is 0. The van der Waals surface area contributed by atoms with E-state index in [-0.39, 0.29) is 12.0 Å². The highest BCUT2D eigenvalue weighted by molar-refractivity contribution is 9.10. The van der Waals surface area contributed by atoms with E-state index in [4.69, 9.17) is 4.74 Å². The predicted molar refractivity (Wildman–Crippen MR) is 74.7 cm³/mol. The zero-order chi connectivity index (χ0) is 13.8. The van der Waals surface area contributed by atoms with Gasteiger partial charge in [0.05, 0.1) is 10.6 Å². The van der Waals surface area contributed by atoms with E-state index in [0.29, 0.717) is 16.6 Å². The molecule has 0 bridgehead atoms. The number of benzene rings is 1. The van der Waals surface area contributed by atoms with E-state index < -0.39 is 5.82 Å². The summed E-state index contributed by atoms with van der Waals surface area (Å²) >= 11 is 3.08. The summed E-state index contributed by atoms with van der Waals surface area (Å²) in [7, 11) is 1.72. The fourth-order valence-electron chi connectivity index (χ4n) is 2.19. The molecule has 1 amide bonds. The standard InChI is InChI=1S/C14H17BrFNO2/c1-17(9-11-4-2-3-7-19-11)14(18)10-5-6-12(15)13(16)8-10/h5-6,8,11H,2-4,7,9H2,1H3. The Morgan fingerprint density at radius 2 is 2.32 bits per heavy atom. The van der Waals surface area contributed by atoms with E-state index in [2.05, 4.69) is 15.9 Å². The van der Waals surface area contributed by atoms with Gasteiger partial charge in [-0.25, -0.2) is 4.39 Å². The molecule has 2 rings (SSSR count). The molecule has 1 aromatic rings. The first-order valence-corrected chi connectivity index (χ1v) is 7.19. The molecule has 1 aromatic carbocycles. The van der Waals surface area contributed by atoms with Crippen LogP contribution in [-0.4, -0.2) is 37.1 Å². The second-order valence-electron chi connectivity index (χ2n) is 4.80. The Labute approximate surface area is 120 Å². The summed E-state index contributed by atoms with van der Waals surface area (Å²) in [5.74, 6) is -0.603. The predicted octanol–water partition coefficient (Wildman–Crippen LogP) is 3.23. The summed E-state index contributed by atoms with van der Waals surface area (Å²) < 4.78 is 19.4. The molecule has 1 aliphatic heterocycles. The molecule has 5 heteroatoms. The Bertz CT molecular complexity index is 461. The van der Waals surface area contributed by atoms with Crippen LogP contribution in [0, 0.1) is 5.82 Å². The van der Waals surface area contributed by atoms with Crippen molar-refractivity contribution in [1.82, 2.24) is 4.90 Å². The van der Waals surface area contributed by atoms with Crippen LogP contribution in [0.15, 0.2) is 22.7 Å². The highest BCUT2D eigenvalue weighted by Gasteiger charge is 2.20. The van der Waals surface area contributed by atoms with Crippen molar-refractivity contribution >= 4 is 21.8 Å². The molecule has 0 spiro atoms. The lowest BCUT2D eigenvalue weighted by Crippen LogP contribution is -2.37. The Balaban J connectivity index is 1.99. The third kappa shape index (κ3) is 3.76. The van der Waals surface area contributed by atoms with Gasteiger partial charge in [0, 0.05) is 25.8 Å². The molecule has 3 nitrogen and oxygen atoms in total. The van der Waals surface area contributed by atoms with Crippen LogP contribution >= 0.6 is 15.9 Å². The molecule has 1 fully saturated rings. The third-order valence-electron chi connectivity index (χ3n) is 3.26.